The average molecular weight is 369 g/mol. The van der Waals surface area contributed by atoms with E-state index in [9.17, 15) is 4.79 Å². The maximum Gasteiger partial charge on any atom is 0.284 e. The number of carbonyl (C=O) groups is 1. The van der Waals surface area contributed by atoms with Crippen LogP contribution in [0.4, 0.5) is 5.69 Å². The lowest BCUT2D eigenvalue weighted by Gasteiger charge is -2.26. The second-order valence-electron chi connectivity index (χ2n) is 7.13. The van der Waals surface area contributed by atoms with E-state index in [4.69, 9.17) is 9.47 Å². The zero-order valence-electron chi connectivity index (χ0n) is 16.6. The summed E-state index contributed by atoms with van der Waals surface area (Å²) >= 11 is 0. The first-order valence-electron chi connectivity index (χ1n) is 9.47. The minimum Gasteiger partial charge on any atom is -0.493 e. The molecule has 2 atom stereocenters. The van der Waals surface area contributed by atoms with Crippen LogP contribution in [-0.4, -0.2) is 46.3 Å². The summed E-state index contributed by atoms with van der Waals surface area (Å²) in [6, 6.07) is 14.1. The maximum absolute atomic E-state index is 13.0. The van der Waals surface area contributed by atoms with Crippen LogP contribution < -0.4 is 19.3 Å². The summed E-state index contributed by atoms with van der Waals surface area (Å²) in [5.41, 5.74) is 3.52. The number of amides is 1. The number of rotatable bonds is 7. The Hall–Kier alpha value is -2.53. The summed E-state index contributed by atoms with van der Waals surface area (Å²) in [7, 11) is 5.37. The third-order valence-corrected chi connectivity index (χ3v) is 5.52. The maximum atomic E-state index is 13.0. The van der Waals surface area contributed by atoms with Crippen molar-refractivity contribution in [1.82, 2.24) is 0 Å². The van der Waals surface area contributed by atoms with Gasteiger partial charge in [0.05, 0.1) is 27.8 Å². The molecule has 3 rings (SSSR count). The van der Waals surface area contributed by atoms with Gasteiger partial charge in [-0.1, -0.05) is 24.3 Å². The third-order valence-electron chi connectivity index (χ3n) is 5.52. The number of fused-ring (bicyclic) bond motifs is 1. The van der Waals surface area contributed by atoms with Crippen LogP contribution in [-0.2, 0) is 17.6 Å². The molecule has 27 heavy (non-hydrogen) atoms. The Morgan fingerprint density at radius 3 is 2.63 bits per heavy atom. The van der Waals surface area contributed by atoms with E-state index < -0.39 is 0 Å². The van der Waals surface area contributed by atoms with E-state index in [1.54, 1.807) is 14.2 Å². The molecule has 1 aliphatic heterocycles. The Kier molecular flexibility index (Phi) is 6.01. The second kappa shape index (κ2) is 8.44. The smallest absolute Gasteiger partial charge is 0.284 e. The molecule has 0 aromatic heterocycles. The largest absolute Gasteiger partial charge is 0.493 e. The summed E-state index contributed by atoms with van der Waals surface area (Å²) in [5, 5.41) is 0. The zero-order valence-corrected chi connectivity index (χ0v) is 16.6. The number of ether oxygens (including phenoxy) is 2. The molecule has 5 nitrogen and oxygen atoms in total. The van der Waals surface area contributed by atoms with Crippen molar-refractivity contribution >= 4 is 11.6 Å². The third kappa shape index (κ3) is 4.08. The number of methoxy groups -OCH3 is 2. The molecule has 2 aromatic carbocycles. The summed E-state index contributed by atoms with van der Waals surface area (Å²) in [5.74, 6) is 1.67. The van der Waals surface area contributed by atoms with Crippen LogP contribution >= 0.6 is 0 Å². The van der Waals surface area contributed by atoms with Crippen LogP contribution in [0.15, 0.2) is 42.5 Å². The average Bonchev–Trinajstić information content (AvgIpc) is 3.14. The molecule has 0 aliphatic carbocycles. The van der Waals surface area contributed by atoms with Gasteiger partial charge in [0.15, 0.2) is 17.5 Å². The number of para-hydroxylation sites is 1. The molecule has 1 amide bonds. The highest BCUT2D eigenvalue weighted by molar-refractivity contribution is 5.97. The second-order valence-corrected chi connectivity index (χ2v) is 7.13. The Morgan fingerprint density at radius 2 is 1.89 bits per heavy atom. The lowest BCUT2D eigenvalue weighted by molar-refractivity contribution is -0.893. The van der Waals surface area contributed by atoms with Crippen molar-refractivity contribution in [2.24, 2.45) is 0 Å². The molecule has 5 heteroatoms. The number of anilines is 1. The number of carbonyl (C=O) groups excluding carboxylic acids is 1. The minimum atomic E-state index is -0.0868. The fourth-order valence-electron chi connectivity index (χ4n) is 3.61. The van der Waals surface area contributed by atoms with Gasteiger partial charge < -0.3 is 19.3 Å². The van der Waals surface area contributed by atoms with Gasteiger partial charge in [0, 0.05) is 18.7 Å². The van der Waals surface area contributed by atoms with E-state index in [0.29, 0.717) is 0 Å². The fourth-order valence-corrected chi connectivity index (χ4v) is 3.61. The Morgan fingerprint density at radius 1 is 1.15 bits per heavy atom. The fraction of sp³-hybridized carbons (Fsp3) is 0.409. The van der Waals surface area contributed by atoms with E-state index in [2.05, 4.69) is 19.2 Å². The van der Waals surface area contributed by atoms with Crippen molar-refractivity contribution in [2.45, 2.75) is 25.8 Å². The van der Waals surface area contributed by atoms with E-state index >= 15 is 0 Å². The molecule has 1 unspecified atom stereocenters. The minimum absolute atomic E-state index is 0.0868. The molecule has 144 valence electrons. The van der Waals surface area contributed by atoms with Crippen molar-refractivity contribution in [3.8, 4) is 11.5 Å². The molecule has 0 radical (unpaired) electrons. The van der Waals surface area contributed by atoms with Gasteiger partial charge in [0.1, 0.15) is 0 Å². The Labute approximate surface area is 161 Å². The topological polar surface area (TPSA) is 43.2 Å². The number of hydrogen-bond acceptors (Lipinski definition) is 3. The van der Waals surface area contributed by atoms with Gasteiger partial charge in [-0.05, 0) is 42.7 Å². The number of hydrogen-bond donors (Lipinski definition) is 1. The first-order chi connectivity index (χ1) is 13.0. The summed E-state index contributed by atoms with van der Waals surface area (Å²) in [6.07, 6.45) is 1.82. The molecule has 1 aliphatic rings. The summed E-state index contributed by atoms with van der Waals surface area (Å²) in [6.45, 7) is 3.68. The molecule has 0 spiro atoms. The quantitative estimate of drug-likeness (QED) is 0.809. The number of benzene rings is 2. The zero-order chi connectivity index (χ0) is 19.4. The van der Waals surface area contributed by atoms with Crippen LogP contribution in [0.5, 0.6) is 11.5 Å². The highest BCUT2D eigenvalue weighted by atomic mass is 16.5. The molecule has 0 fully saturated rings. The van der Waals surface area contributed by atoms with Crippen LogP contribution in [0.25, 0.3) is 0 Å². The van der Waals surface area contributed by atoms with Gasteiger partial charge in [-0.15, -0.1) is 0 Å². The molecular weight excluding hydrogens is 340 g/mol. The van der Waals surface area contributed by atoms with Gasteiger partial charge in [-0.2, -0.15) is 0 Å². The molecule has 1 heterocycles. The van der Waals surface area contributed by atoms with E-state index in [1.165, 1.54) is 16.0 Å². The van der Waals surface area contributed by atoms with E-state index in [0.717, 1.165) is 43.1 Å². The number of likely N-dealkylation sites (N-methyl/N-ethyl adjacent to an activating group) is 1. The Balaban J connectivity index is 1.61. The standard InChI is InChI=1S/C22H28N2O3/c1-16(22(25)24-14-12-18-7-5-6-8-19(18)24)23(2)13-11-17-9-10-20(26-3)21(15-17)27-4/h5-10,15-16H,11-14H2,1-4H3/p+1/t16-/m1/s1. The lowest BCUT2D eigenvalue weighted by atomic mass is 10.1. The summed E-state index contributed by atoms with van der Waals surface area (Å²) in [4.78, 5) is 16.2. The monoisotopic (exact) mass is 369 g/mol. The highest BCUT2D eigenvalue weighted by Crippen LogP contribution is 2.28. The van der Waals surface area contributed by atoms with Gasteiger partial charge in [0.2, 0.25) is 0 Å². The Bertz CT molecular complexity index is 806. The molecule has 1 N–H and O–H groups in total. The molecule has 0 bridgehead atoms. The number of quaternary nitrogens is 1. The van der Waals surface area contributed by atoms with Crippen LogP contribution in [0.3, 0.4) is 0 Å². The summed E-state index contributed by atoms with van der Waals surface area (Å²) < 4.78 is 10.7. The SMILES string of the molecule is COc1ccc(CC[NH+](C)[C@H](C)C(=O)N2CCc3ccccc32)cc1OC. The van der Waals surface area contributed by atoms with Gasteiger partial charge in [-0.25, -0.2) is 0 Å². The van der Waals surface area contributed by atoms with Crippen molar-refractivity contribution in [3.63, 3.8) is 0 Å². The van der Waals surface area contributed by atoms with Gasteiger partial charge >= 0.3 is 0 Å². The molecule has 2 aromatic rings. The highest BCUT2D eigenvalue weighted by Gasteiger charge is 2.31. The number of nitrogens with zero attached hydrogens (tertiary/aromatic N) is 1. The van der Waals surface area contributed by atoms with E-state index in [1.807, 2.05) is 42.2 Å². The van der Waals surface area contributed by atoms with Gasteiger partial charge in [0.25, 0.3) is 5.91 Å². The van der Waals surface area contributed by atoms with E-state index in [-0.39, 0.29) is 11.9 Å². The predicted molar refractivity (Wildman–Crippen MR) is 107 cm³/mol. The van der Waals surface area contributed by atoms with Crippen molar-refractivity contribution < 1.29 is 19.2 Å². The van der Waals surface area contributed by atoms with Crippen LogP contribution in [0.1, 0.15) is 18.1 Å². The first kappa shape index (κ1) is 19.2. The predicted octanol–water partition coefficient (Wildman–Crippen LogP) is 1.74. The lowest BCUT2D eigenvalue weighted by Crippen LogP contribution is -3.14. The van der Waals surface area contributed by atoms with Crippen molar-refractivity contribution in [1.29, 1.82) is 0 Å². The van der Waals surface area contributed by atoms with Gasteiger partial charge in [-0.3, -0.25) is 4.79 Å². The van der Waals surface area contributed by atoms with Crippen molar-refractivity contribution in [2.75, 3.05) is 39.3 Å². The first-order valence-corrected chi connectivity index (χ1v) is 9.47. The van der Waals surface area contributed by atoms with Crippen molar-refractivity contribution in [3.05, 3.63) is 53.6 Å². The van der Waals surface area contributed by atoms with Crippen LogP contribution in [0, 0.1) is 0 Å². The van der Waals surface area contributed by atoms with Crippen LogP contribution in [0.2, 0.25) is 0 Å². The molecule has 0 saturated heterocycles. The molecule has 0 saturated carbocycles. The number of nitrogens with one attached hydrogen (secondary N) is 1. The molecular formula is C22H29N2O3+. The normalized spacial score (nSPS) is 15.2.